The first-order chi connectivity index (χ1) is 13.3. The summed E-state index contributed by atoms with van der Waals surface area (Å²) < 4.78 is 33.9. The van der Waals surface area contributed by atoms with Crippen LogP contribution in [0.2, 0.25) is 0 Å². The molecule has 2 atom stereocenters. The maximum atomic E-state index is 12.5. The van der Waals surface area contributed by atoms with E-state index in [4.69, 9.17) is 14.7 Å². The Balaban J connectivity index is 1.88. The van der Waals surface area contributed by atoms with Crippen molar-refractivity contribution < 1.29 is 27.5 Å². The first-order valence-corrected chi connectivity index (χ1v) is 10.9. The topological polar surface area (TPSA) is 114 Å². The summed E-state index contributed by atoms with van der Waals surface area (Å²) in [5, 5.41) is 8.78. The van der Waals surface area contributed by atoms with Gasteiger partial charge in [0.1, 0.15) is 5.75 Å². The minimum Gasteiger partial charge on any atom is -0.479 e. The number of benzene rings is 1. The number of esters is 1. The second kappa shape index (κ2) is 9.55. The number of hydrogen-bond donors (Lipinski definition) is 0. The fourth-order valence-corrected chi connectivity index (χ4v) is 4.70. The molecule has 1 aromatic carbocycles. The highest BCUT2D eigenvalue weighted by Crippen LogP contribution is 2.19. The number of amides is 1. The van der Waals surface area contributed by atoms with Crippen LogP contribution in [0.1, 0.15) is 32.3 Å². The zero-order valence-electron chi connectivity index (χ0n) is 16.0. The number of carbonyl (C=O) groups excluding carboxylic acids is 2. The van der Waals surface area contributed by atoms with Crippen molar-refractivity contribution >= 4 is 21.7 Å². The van der Waals surface area contributed by atoms with Crippen LogP contribution in [0.15, 0.2) is 24.3 Å². The third-order valence-corrected chi connectivity index (χ3v) is 6.15. The fourth-order valence-electron chi connectivity index (χ4n) is 2.97. The van der Waals surface area contributed by atoms with Crippen molar-refractivity contribution in [1.82, 2.24) is 4.90 Å². The second-order valence-electron chi connectivity index (χ2n) is 6.65. The summed E-state index contributed by atoms with van der Waals surface area (Å²) in [4.78, 5) is 26.1. The number of sulfone groups is 1. The van der Waals surface area contributed by atoms with E-state index in [9.17, 15) is 18.0 Å². The van der Waals surface area contributed by atoms with E-state index in [1.165, 1.54) is 11.8 Å². The third-order valence-electron chi connectivity index (χ3n) is 4.40. The first kappa shape index (κ1) is 21.7. The van der Waals surface area contributed by atoms with Gasteiger partial charge in [-0.1, -0.05) is 6.92 Å². The first-order valence-electron chi connectivity index (χ1n) is 9.09. The molecule has 2 rings (SSSR count). The van der Waals surface area contributed by atoms with Crippen LogP contribution in [-0.4, -0.2) is 62.0 Å². The molecule has 0 unspecified atom stereocenters. The maximum absolute atomic E-state index is 12.5. The maximum Gasteiger partial charge on any atom is 0.347 e. The Morgan fingerprint density at radius 3 is 2.54 bits per heavy atom. The van der Waals surface area contributed by atoms with Crippen LogP contribution in [0, 0.1) is 11.3 Å². The van der Waals surface area contributed by atoms with Crippen LogP contribution < -0.4 is 4.74 Å². The van der Waals surface area contributed by atoms with Gasteiger partial charge in [-0.25, -0.2) is 13.2 Å². The van der Waals surface area contributed by atoms with E-state index in [1.54, 1.807) is 24.3 Å². The van der Waals surface area contributed by atoms with E-state index < -0.39 is 34.4 Å². The number of carbonyl (C=O) groups is 2. The highest BCUT2D eigenvalue weighted by molar-refractivity contribution is 7.91. The van der Waals surface area contributed by atoms with Gasteiger partial charge in [0.05, 0.1) is 23.1 Å². The number of nitriles is 1. The Bertz CT molecular complexity index is 844. The standard InChI is InChI=1S/C19H24N2O6S/c1-3-9-21(16-8-10-28(24,25)13-16)18(22)12-26-19(23)14(2)27-17-6-4-15(11-20)5-7-17/h4-7,14,16H,3,8-10,12-13H2,1-2H3/t14-,16+/m1/s1. The van der Waals surface area contributed by atoms with E-state index in [1.807, 2.05) is 13.0 Å². The molecule has 1 aliphatic heterocycles. The van der Waals surface area contributed by atoms with Crippen LogP contribution >= 0.6 is 0 Å². The van der Waals surface area contributed by atoms with E-state index in [2.05, 4.69) is 0 Å². The van der Waals surface area contributed by atoms with Crippen molar-refractivity contribution in [3.05, 3.63) is 29.8 Å². The van der Waals surface area contributed by atoms with Crippen molar-refractivity contribution in [2.75, 3.05) is 24.7 Å². The van der Waals surface area contributed by atoms with Crippen molar-refractivity contribution in [2.24, 2.45) is 0 Å². The van der Waals surface area contributed by atoms with E-state index in [0.29, 0.717) is 30.7 Å². The van der Waals surface area contributed by atoms with E-state index >= 15 is 0 Å². The molecular formula is C19H24N2O6S. The van der Waals surface area contributed by atoms with Crippen LogP contribution in [0.5, 0.6) is 5.75 Å². The number of rotatable bonds is 8. The lowest BCUT2D eigenvalue weighted by Gasteiger charge is -2.27. The molecular weight excluding hydrogens is 384 g/mol. The van der Waals surface area contributed by atoms with Gasteiger partial charge in [-0.3, -0.25) is 4.79 Å². The van der Waals surface area contributed by atoms with Gasteiger partial charge in [0.15, 0.2) is 22.5 Å². The monoisotopic (exact) mass is 408 g/mol. The number of hydrogen-bond acceptors (Lipinski definition) is 7. The molecule has 1 aromatic rings. The molecule has 0 N–H and O–H groups in total. The molecule has 0 spiro atoms. The van der Waals surface area contributed by atoms with Crippen LogP contribution in [0.4, 0.5) is 0 Å². The molecule has 0 aliphatic carbocycles. The summed E-state index contributed by atoms with van der Waals surface area (Å²) in [6, 6.07) is 7.88. The quantitative estimate of drug-likeness (QED) is 0.596. The molecule has 152 valence electrons. The summed E-state index contributed by atoms with van der Waals surface area (Å²) in [6.45, 7) is 3.34. The minimum atomic E-state index is -3.12. The van der Waals surface area contributed by atoms with Gasteiger partial charge in [-0.15, -0.1) is 0 Å². The van der Waals surface area contributed by atoms with Gasteiger partial charge in [-0.05, 0) is 44.0 Å². The zero-order chi connectivity index (χ0) is 20.7. The smallest absolute Gasteiger partial charge is 0.347 e. The predicted octanol–water partition coefficient (Wildman–Crippen LogP) is 1.29. The summed E-state index contributed by atoms with van der Waals surface area (Å²) in [5.41, 5.74) is 0.470. The normalized spacial score (nSPS) is 18.7. The fraction of sp³-hybridized carbons (Fsp3) is 0.526. The molecule has 1 saturated heterocycles. The lowest BCUT2D eigenvalue weighted by molar-refractivity contribution is -0.158. The lowest BCUT2D eigenvalue weighted by atomic mass is 10.2. The Morgan fingerprint density at radius 2 is 2.00 bits per heavy atom. The Hall–Kier alpha value is -2.60. The van der Waals surface area contributed by atoms with Crippen molar-refractivity contribution in [2.45, 2.75) is 38.8 Å². The summed E-state index contributed by atoms with van der Waals surface area (Å²) in [5.74, 6) is -0.694. The minimum absolute atomic E-state index is 0.0507. The second-order valence-corrected chi connectivity index (χ2v) is 8.88. The molecule has 9 heteroatoms. The molecule has 1 heterocycles. The number of ether oxygens (including phenoxy) is 2. The Labute approximate surface area is 164 Å². The van der Waals surface area contributed by atoms with Crippen LogP contribution in [0.25, 0.3) is 0 Å². The predicted molar refractivity (Wildman–Crippen MR) is 101 cm³/mol. The summed E-state index contributed by atoms with van der Waals surface area (Å²) in [6.07, 6.45) is 0.140. The van der Waals surface area contributed by atoms with Gasteiger partial charge in [0.2, 0.25) is 0 Å². The van der Waals surface area contributed by atoms with Crippen molar-refractivity contribution in [3.8, 4) is 11.8 Å². The van der Waals surface area contributed by atoms with Gasteiger partial charge in [0.25, 0.3) is 5.91 Å². The highest BCUT2D eigenvalue weighted by Gasteiger charge is 2.34. The third kappa shape index (κ3) is 5.96. The van der Waals surface area contributed by atoms with Gasteiger partial charge in [-0.2, -0.15) is 5.26 Å². The highest BCUT2D eigenvalue weighted by atomic mass is 32.2. The molecule has 1 fully saturated rings. The van der Waals surface area contributed by atoms with Crippen molar-refractivity contribution in [3.63, 3.8) is 0 Å². The van der Waals surface area contributed by atoms with E-state index in [0.717, 1.165) is 0 Å². The summed E-state index contributed by atoms with van der Waals surface area (Å²) >= 11 is 0. The Kier molecular flexibility index (Phi) is 7.40. The SMILES string of the molecule is CCCN(C(=O)COC(=O)[C@@H](C)Oc1ccc(C#N)cc1)[C@H]1CCS(=O)(=O)C1. The zero-order valence-corrected chi connectivity index (χ0v) is 16.8. The van der Waals surface area contributed by atoms with Gasteiger partial charge >= 0.3 is 5.97 Å². The molecule has 0 radical (unpaired) electrons. The van der Waals surface area contributed by atoms with Gasteiger partial charge in [0, 0.05) is 12.6 Å². The molecule has 28 heavy (non-hydrogen) atoms. The molecule has 0 saturated carbocycles. The molecule has 1 amide bonds. The lowest BCUT2D eigenvalue weighted by Crippen LogP contribution is -2.44. The molecule has 0 bridgehead atoms. The average molecular weight is 408 g/mol. The molecule has 1 aliphatic rings. The largest absolute Gasteiger partial charge is 0.479 e. The average Bonchev–Trinajstić information content (AvgIpc) is 3.03. The van der Waals surface area contributed by atoms with Crippen LogP contribution in [0.3, 0.4) is 0 Å². The van der Waals surface area contributed by atoms with Crippen molar-refractivity contribution in [1.29, 1.82) is 5.26 Å². The van der Waals surface area contributed by atoms with Crippen LogP contribution in [-0.2, 0) is 24.2 Å². The molecule has 8 nitrogen and oxygen atoms in total. The molecule has 0 aromatic heterocycles. The number of nitrogens with zero attached hydrogens (tertiary/aromatic N) is 2. The van der Waals surface area contributed by atoms with E-state index in [-0.39, 0.29) is 17.5 Å². The van der Waals surface area contributed by atoms with Gasteiger partial charge < -0.3 is 14.4 Å². The summed E-state index contributed by atoms with van der Waals surface area (Å²) in [7, 11) is -3.12. The Morgan fingerprint density at radius 1 is 1.32 bits per heavy atom.